The molecule has 0 spiro atoms. The Hall–Kier alpha value is -2.97. The molecule has 146 valence electrons. The molecule has 28 heavy (non-hydrogen) atoms. The van der Waals surface area contributed by atoms with Gasteiger partial charge < -0.3 is 9.55 Å². The van der Waals surface area contributed by atoms with Crippen molar-refractivity contribution < 1.29 is 13.2 Å². The SMILES string of the molecule is Cc1nc2ccc(-c3c[nH]c4nc(CCC(F)(F)F)ncc34)nc2n1C(C)C. The van der Waals surface area contributed by atoms with Gasteiger partial charge in [0.15, 0.2) is 5.65 Å². The number of fused-ring (bicyclic) bond motifs is 2. The number of nitrogens with one attached hydrogen (secondary N) is 1. The summed E-state index contributed by atoms with van der Waals surface area (Å²) in [7, 11) is 0. The second-order valence-electron chi connectivity index (χ2n) is 7.03. The van der Waals surface area contributed by atoms with Crippen LogP contribution in [-0.4, -0.2) is 35.7 Å². The van der Waals surface area contributed by atoms with Crippen LogP contribution in [0.4, 0.5) is 13.2 Å². The van der Waals surface area contributed by atoms with Crippen LogP contribution in [0.5, 0.6) is 0 Å². The number of hydrogen-bond donors (Lipinski definition) is 1. The van der Waals surface area contributed by atoms with Crippen molar-refractivity contribution in [3.05, 3.63) is 36.2 Å². The van der Waals surface area contributed by atoms with Crippen LogP contribution in [0.25, 0.3) is 33.5 Å². The average molecular weight is 388 g/mol. The van der Waals surface area contributed by atoms with Crippen LogP contribution in [0.15, 0.2) is 24.5 Å². The molecular formula is C19H19F3N6. The van der Waals surface area contributed by atoms with Crippen molar-refractivity contribution >= 4 is 22.2 Å². The molecule has 0 fully saturated rings. The largest absolute Gasteiger partial charge is 0.389 e. The lowest BCUT2D eigenvalue weighted by atomic mass is 10.1. The summed E-state index contributed by atoms with van der Waals surface area (Å²) in [6, 6.07) is 4.01. The average Bonchev–Trinajstić information content (AvgIpc) is 3.18. The highest BCUT2D eigenvalue weighted by atomic mass is 19.4. The molecule has 1 N–H and O–H groups in total. The molecule has 4 rings (SSSR count). The van der Waals surface area contributed by atoms with Crippen LogP contribution in [0.3, 0.4) is 0 Å². The minimum absolute atomic E-state index is 0.162. The Balaban J connectivity index is 1.74. The topological polar surface area (TPSA) is 72.3 Å². The second kappa shape index (κ2) is 6.57. The van der Waals surface area contributed by atoms with Crippen molar-refractivity contribution in [1.29, 1.82) is 0 Å². The van der Waals surface area contributed by atoms with E-state index in [4.69, 9.17) is 4.98 Å². The van der Waals surface area contributed by atoms with E-state index < -0.39 is 12.6 Å². The Morgan fingerprint density at radius 3 is 2.64 bits per heavy atom. The highest BCUT2D eigenvalue weighted by Gasteiger charge is 2.27. The number of H-pyrrole nitrogens is 1. The molecule has 9 heteroatoms. The molecule has 0 amide bonds. The van der Waals surface area contributed by atoms with Crippen LogP contribution in [0.1, 0.15) is 38.0 Å². The van der Waals surface area contributed by atoms with E-state index in [2.05, 4.69) is 38.4 Å². The normalized spacial score (nSPS) is 12.5. The van der Waals surface area contributed by atoms with Crippen molar-refractivity contribution in [3.63, 3.8) is 0 Å². The van der Waals surface area contributed by atoms with E-state index in [0.717, 1.165) is 33.6 Å². The van der Waals surface area contributed by atoms with Crippen molar-refractivity contribution in [2.24, 2.45) is 0 Å². The number of imidazole rings is 1. The summed E-state index contributed by atoms with van der Waals surface area (Å²) in [4.78, 5) is 20.7. The molecule has 0 aromatic carbocycles. The fraction of sp³-hybridized carbons (Fsp3) is 0.368. The van der Waals surface area contributed by atoms with E-state index in [9.17, 15) is 13.2 Å². The molecule has 0 bridgehead atoms. The number of pyridine rings is 1. The summed E-state index contributed by atoms with van der Waals surface area (Å²) >= 11 is 0. The van der Waals surface area contributed by atoms with Gasteiger partial charge in [-0.2, -0.15) is 13.2 Å². The van der Waals surface area contributed by atoms with E-state index in [-0.39, 0.29) is 18.3 Å². The summed E-state index contributed by atoms with van der Waals surface area (Å²) < 4.78 is 39.3. The Morgan fingerprint density at radius 1 is 1.14 bits per heavy atom. The van der Waals surface area contributed by atoms with Crippen LogP contribution in [-0.2, 0) is 6.42 Å². The monoisotopic (exact) mass is 388 g/mol. The van der Waals surface area contributed by atoms with E-state index in [1.54, 1.807) is 12.4 Å². The number of aromatic amines is 1. The van der Waals surface area contributed by atoms with Gasteiger partial charge >= 0.3 is 6.18 Å². The molecule has 4 heterocycles. The Kier molecular flexibility index (Phi) is 4.32. The Bertz CT molecular complexity index is 1160. The van der Waals surface area contributed by atoms with Crippen molar-refractivity contribution in [3.8, 4) is 11.3 Å². The molecule has 0 aliphatic heterocycles. The van der Waals surface area contributed by atoms with Crippen LogP contribution >= 0.6 is 0 Å². The maximum atomic E-state index is 12.4. The number of halogens is 3. The standard InChI is InChI=1S/C19H19F3N6/c1-10(2)28-11(3)25-15-5-4-14(26-18(15)28)12-8-24-17-13(12)9-23-16(27-17)6-7-19(20,21)22/h4-5,8-10H,6-7H2,1-3H3,(H,23,24,27). The molecule has 0 aliphatic rings. The van der Waals surface area contributed by atoms with Gasteiger partial charge in [-0.25, -0.2) is 19.9 Å². The summed E-state index contributed by atoms with van der Waals surface area (Å²) in [5.41, 5.74) is 3.64. The molecule has 0 atom stereocenters. The third kappa shape index (κ3) is 3.32. The van der Waals surface area contributed by atoms with Gasteiger partial charge in [0.2, 0.25) is 0 Å². The number of hydrogen-bond acceptors (Lipinski definition) is 4. The van der Waals surface area contributed by atoms with Crippen LogP contribution in [0.2, 0.25) is 0 Å². The van der Waals surface area contributed by atoms with Gasteiger partial charge in [-0.1, -0.05) is 0 Å². The molecule has 4 aromatic heterocycles. The van der Waals surface area contributed by atoms with Crippen molar-refractivity contribution in [2.45, 2.75) is 45.8 Å². The second-order valence-corrected chi connectivity index (χ2v) is 7.03. The van der Waals surface area contributed by atoms with Gasteiger partial charge in [0, 0.05) is 35.8 Å². The number of rotatable bonds is 4. The summed E-state index contributed by atoms with van der Waals surface area (Å²) in [6.07, 6.45) is -2.11. The highest BCUT2D eigenvalue weighted by Crippen LogP contribution is 2.29. The molecule has 0 saturated carbocycles. The summed E-state index contributed by atoms with van der Waals surface area (Å²) in [5.74, 6) is 1.06. The first kappa shape index (κ1) is 18.4. The highest BCUT2D eigenvalue weighted by molar-refractivity contribution is 5.93. The lowest BCUT2D eigenvalue weighted by molar-refractivity contribution is -0.134. The van der Waals surface area contributed by atoms with Crippen molar-refractivity contribution in [2.75, 3.05) is 0 Å². The van der Waals surface area contributed by atoms with E-state index >= 15 is 0 Å². The number of alkyl halides is 3. The lowest BCUT2D eigenvalue weighted by Crippen LogP contribution is -2.10. The minimum atomic E-state index is -4.23. The van der Waals surface area contributed by atoms with Gasteiger partial charge in [0.1, 0.15) is 22.8 Å². The van der Waals surface area contributed by atoms with Gasteiger partial charge in [-0.05, 0) is 32.9 Å². The Morgan fingerprint density at radius 2 is 1.93 bits per heavy atom. The molecular weight excluding hydrogens is 369 g/mol. The van der Waals surface area contributed by atoms with Crippen LogP contribution < -0.4 is 0 Å². The predicted octanol–water partition coefficient (Wildman–Crippen LogP) is 4.75. The fourth-order valence-corrected chi connectivity index (χ4v) is 3.38. The molecule has 0 unspecified atom stereocenters. The fourth-order valence-electron chi connectivity index (χ4n) is 3.38. The minimum Gasteiger partial charge on any atom is -0.345 e. The number of aryl methyl sites for hydroxylation is 2. The number of aromatic nitrogens is 6. The molecule has 0 aliphatic carbocycles. The zero-order valence-corrected chi connectivity index (χ0v) is 15.7. The van der Waals surface area contributed by atoms with E-state index in [1.807, 2.05) is 19.1 Å². The summed E-state index contributed by atoms with van der Waals surface area (Å²) in [5, 5.41) is 0.718. The van der Waals surface area contributed by atoms with Gasteiger partial charge in [-0.3, -0.25) is 0 Å². The van der Waals surface area contributed by atoms with Gasteiger partial charge in [-0.15, -0.1) is 0 Å². The third-order valence-corrected chi connectivity index (χ3v) is 4.62. The quantitative estimate of drug-likeness (QED) is 0.547. The van der Waals surface area contributed by atoms with Gasteiger partial charge in [0.25, 0.3) is 0 Å². The first-order valence-corrected chi connectivity index (χ1v) is 8.98. The zero-order valence-electron chi connectivity index (χ0n) is 15.7. The first-order chi connectivity index (χ1) is 13.2. The van der Waals surface area contributed by atoms with Gasteiger partial charge in [0.05, 0.1) is 12.1 Å². The lowest BCUT2D eigenvalue weighted by Gasteiger charge is -2.10. The molecule has 6 nitrogen and oxygen atoms in total. The molecule has 0 radical (unpaired) electrons. The molecule has 0 saturated heterocycles. The zero-order chi connectivity index (χ0) is 20.1. The summed E-state index contributed by atoms with van der Waals surface area (Å²) in [6.45, 7) is 6.10. The number of nitrogens with zero attached hydrogens (tertiary/aromatic N) is 5. The van der Waals surface area contributed by atoms with E-state index in [1.165, 1.54) is 0 Å². The maximum Gasteiger partial charge on any atom is 0.389 e. The van der Waals surface area contributed by atoms with E-state index in [0.29, 0.717) is 5.65 Å². The third-order valence-electron chi connectivity index (χ3n) is 4.62. The maximum absolute atomic E-state index is 12.4. The predicted molar refractivity (Wildman–Crippen MR) is 99.9 cm³/mol. The molecule has 4 aromatic rings. The van der Waals surface area contributed by atoms with Crippen LogP contribution in [0, 0.1) is 6.92 Å². The first-order valence-electron chi connectivity index (χ1n) is 8.98. The smallest absolute Gasteiger partial charge is 0.345 e. The Labute approximate surface area is 158 Å². The van der Waals surface area contributed by atoms with Crippen molar-refractivity contribution in [1.82, 2.24) is 29.5 Å².